The minimum Gasteiger partial charge on any atom is -0.493 e. The number of piperidine rings is 3. The maximum absolute atomic E-state index is 9.55. The van der Waals surface area contributed by atoms with E-state index in [-0.39, 0.29) is 0 Å². The first-order chi connectivity index (χ1) is 50.3. The Labute approximate surface area is 602 Å². The van der Waals surface area contributed by atoms with Gasteiger partial charge >= 0.3 is 11.9 Å². The van der Waals surface area contributed by atoms with Crippen LogP contribution in [0.1, 0.15) is 130 Å². The third-order valence-corrected chi connectivity index (χ3v) is 20.4. The molecule has 6 aromatic heterocycles. The molecule has 15 rings (SSSR count). The van der Waals surface area contributed by atoms with Gasteiger partial charge in [-0.15, -0.1) is 15.3 Å². The van der Waals surface area contributed by atoms with Crippen LogP contribution < -0.4 is 34.2 Å². The zero-order chi connectivity index (χ0) is 71.4. The van der Waals surface area contributed by atoms with Crippen molar-refractivity contribution in [2.45, 2.75) is 135 Å². The van der Waals surface area contributed by atoms with Gasteiger partial charge in [-0.05, 0) is 259 Å². The van der Waals surface area contributed by atoms with Gasteiger partial charge in [-0.3, -0.25) is 0 Å². The van der Waals surface area contributed by atoms with E-state index in [1.807, 2.05) is 43.4 Å². The third-order valence-electron chi connectivity index (χ3n) is 20.4. The summed E-state index contributed by atoms with van der Waals surface area (Å²) in [4.78, 5) is 30.4. The summed E-state index contributed by atoms with van der Waals surface area (Å²) in [5.41, 5.74) is 9.17. The standard InChI is InChI=1S/2C25H33N5O2.C24H31N5O2.C4H4O4/c2*1-29(2)16-21-23(31-17-19-5-6-19)10-8-20-22(28-32-25(20)21)9-7-18-11-14-30(15-12-18)24-4-3-13-26-27-24;1-25-15-20-22(30-16-18-4-5-18)9-7-19-21(28-31-24(19)20)8-6-17-10-13-29(14-11-17)23-3-2-12-26-27-23;5-3(6)1-2-4(7)8/h2*3-4,8,10,13,18-19H,5-7,9,11-12,14-17H2,1-2H3;2-3,7,9,12,17-18,25H,4-6,8,10-11,13-16H2,1H3;1-2H,(H,5,6)(H,7,8)/b;;;2-1+. The molecule has 0 spiro atoms. The van der Waals surface area contributed by atoms with Crippen LogP contribution in [0.4, 0.5) is 17.5 Å². The molecule has 3 saturated heterocycles. The van der Waals surface area contributed by atoms with Crippen molar-refractivity contribution in [3.8, 4) is 17.2 Å². The fraction of sp³-hybridized carbons (Fsp3) is 0.526. The van der Waals surface area contributed by atoms with Gasteiger partial charge in [0.1, 0.15) is 17.2 Å². The zero-order valence-electron chi connectivity index (χ0n) is 60.4. The summed E-state index contributed by atoms with van der Waals surface area (Å²) < 4.78 is 36.0. The topological polar surface area (TPSA) is 286 Å². The molecule has 9 heterocycles. The lowest BCUT2D eigenvalue weighted by molar-refractivity contribution is -0.134. The van der Waals surface area contributed by atoms with Gasteiger partial charge in [0.25, 0.3) is 0 Å². The van der Waals surface area contributed by atoms with Crippen molar-refractivity contribution in [2.24, 2.45) is 35.5 Å². The van der Waals surface area contributed by atoms with Crippen LogP contribution in [-0.2, 0) is 48.5 Å². The van der Waals surface area contributed by atoms with Crippen molar-refractivity contribution in [3.63, 3.8) is 0 Å². The summed E-state index contributed by atoms with van der Waals surface area (Å²) in [6.07, 6.45) is 27.3. The van der Waals surface area contributed by atoms with Gasteiger partial charge in [0, 0.05) is 106 Å². The van der Waals surface area contributed by atoms with Gasteiger partial charge in [0.05, 0.1) is 53.6 Å². The quantitative estimate of drug-likeness (QED) is 0.0367. The second-order valence-corrected chi connectivity index (χ2v) is 29.1. The predicted octanol–water partition coefficient (Wildman–Crippen LogP) is 12.3. The van der Waals surface area contributed by atoms with Crippen molar-refractivity contribution in [3.05, 3.63) is 137 Å². The van der Waals surface area contributed by atoms with Crippen molar-refractivity contribution in [2.75, 3.05) is 109 Å². The molecule has 3 aliphatic carbocycles. The highest BCUT2D eigenvalue weighted by molar-refractivity contribution is 5.90. The van der Waals surface area contributed by atoms with E-state index >= 15 is 0 Å². The number of aromatic nitrogens is 9. The molecule has 103 heavy (non-hydrogen) atoms. The highest BCUT2D eigenvalue weighted by Gasteiger charge is 2.30. The van der Waals surface area contributed by atoms with E-state index < -0.39 is 11.9 Å². The molecule has 0 radical (unpaired) electrons. The Balaban J connectivity index is 0.000000138. The number of aryl methyl sites for hydroxylation is 3. The predicted molar refractivity (Wildman–Crippen MR) is 395 cm³/mol. The lowest BCUT2D eigenvalue weighted by Crippen LogP contribution is -2.34. The number of rotatable bonds is 29. The molecular formula is C78H101N15O10. The molecule has 6 aliphatic rings. The number of ether oxygens (including phenoxy) is 3. The van der Waals surface area contributed by atoms with Crippen LogP contribution >= 0.6 is 0 Å². The largest absolute Gasteiger partial charge is 0.493 e. The van der Waals surface area contributed by atoms with E-state index in [1.54, 1.807) is 18.6 Å². The normalized spacial score (nSPS) is 16.8. The van der Waals surface area contributed by atoms with Gasteiger partial charge in [0.15, 0.2) is 34.2 Å². The van der Waals surface area contributed by atoms with Gasteiger partial charge in [0.2, 0.25) is 0 Å². The molecule has 9 aromatic rings. The van der Waals surface area contributed by atoms with E-state index in [0.717, 1.165) is 230 Å². The Morgan fingerprint density at radius 1 is 0.456 bits per heavy atom. The molecule has 3 aromatic carbocycles. The Hall–Kier alpha value is -9.33. The number of carboxylic acid groups (broad SMARTS) is 2. The molecule has 0 atom stereocenters. The Morgan fingerprint density at radius 3 is 1.04 bits per heavy atom. The van der Waals surface area contributed by atoms with Crippen LogP contribution in [0, 0.1) is 35.5 Å². The summed E-state index contributed by atoms with van der Waals surface area (Å²) >= 11 is 0. The molecule has 3 saturated carbocycles. The number of carboxylic acids is 2. The number of hydrogen-bond acceptors (Lipinski definition) is 23. The van der Waals surface area contributed by atoms with E-state index in [9.17, 15) is 9.59 Å². The highest BCUT2D eigenvalue weighted by atomic mass is 16.5. The monoisotopic (exact) mass is 1410 g/mol. The maximum atomic E-state index is 9.55. The fourth-order valence-electron chi connectivity index (χ4n) is 13.9. The smallest absolute Gasteiger partial charge is 0.328 e. The van der Waals surface area contributed by atoms with E-state index in [1.165, 1.54) is 77.0 Å². The number of nitrogens with one attached hydrogen (secondary N) is 1. The molecule has 0 amide bonds. The summed E-state index contributed by atoms with van der Waals surface area (Å²) in [7, 11) is 10.3. The van der Waals surface area contributed by atoms with E-state index in [4.69, 9.17) is 38.0 Å². The van der Waals surface area contributed by atoms with Crippen LogP contribution in [0.15, 0.2) is 117 Å². The number of aliphatic carboxylic acids is 2. The Bertz CT molecular complexity index is 3970. The molecular weight excluding hydrogens is 1310 g/mol. The summed E-state index contributed by atoms with van der Waals surface area (Å²) in [6.45, 7) is 10.9. The first kappa shape index (κ1) is 73.4. The first-order valence-electron chi connectivity index (χ1n) is 37.0. The number of carbonyl (C=O) groups is 2. The molecule has 6 fully saturated rings. The number of fused-ring (bicyclic) bond motifs is 3. The minimum absolute atomic E-state index is 0.558. The van der Waals surface area contributed by atoms with Crippen molar-refractivity contribution in [1.82, 2.24) is 61.2 Å². The fourth-order valence-corrected chi connectivity index (χ4v) is 13.9. The summed E-state index contributed by atoms with van der Waals surface area (Å²) in [5.74, 6) is 7.55. The molecule has 25 nitrogen and oxygen atoms in total. The van der Waals surface area contributed by atoms with Crippen LogP contribution in [0.5, 0.6) is 17.2 Å². The van der Waals surface area contributed by atoms with E-state index in [0.29, 0.717) is 36.5 Å². The van der Waals surface area contributed by atoms with Gasteiger partial charge < -0.3 is 67.8 Å². The number of nitrogens with zero attached hydrogens (tertiary/aromatic N) is 14. The van der Waals surface area contributed by atoms with Crippen LogP contribution in [0.25, 0.3) is 32.9 Å². The number of benzene rings is 3. The lowest BCUT2D eigenvalue weighted by atomic mass is 9.91. The lowest BCUT2D eigenvalue weighted by Gasteiger charge is -2.32. The Morgan fingerprint density at radius 2 is 0.767 bits per heavy atom. The average Bonchev–Trinajstić information content (AvgIpc) is 1.66. The van der Waals surface area contributed by atoms with Crippen molar-refractivity contribution in [1.29, 1.82) is 0 Å². The highest BCUT2D eigenvalue weighted by Crippen LogP contribution is 2.39. The molecule has 3 N–H and O–H groups in total. The molecule has 3 aliphatic heterocycles. The van der Waals surface area contributed by atoms with Gasteiger partial charge in [-0.2, -0.15) is 15.3 Å². The summed E-state index contributed by atoms with van der Waals surface area (Å²) in [5, 5.41) is 60.4. The zero-order valence-corrected chi connectivity index (χ0v) is 60.4. The van der Waals surface area contributed by atoms with Crippen LogP contribution in [-0.4, -0.2) is 172 Å². The van der Waals surface area contributed by atoms with Crippen LogP contribution in [0.2, 0.25) is 0 Å². The second-order valence-electron chi connectivity index (χ2n) is 29.1. The van der Waals surface area contributed by atoms with Gasteiger partial charge in [-0.1, -0.05) is 15.5 Å². The number of hydrogen-bond donors (Lipinski definition) is 3. The molecule has 0 unspecified atom stereocenters. The number of anilines is 3. The van der Waals surface area contributed by atoms with Crippen molar-refractivity contribution >= 4 is 62.3 Å². The third kappa shape index (κ3) is 21.2. The molecule has 25 heteroatoms. The minimum atomic E-state index is -1.26. The first-order valence-corrected chi connectivity index (χ1v) is 37.0. The van der Waals surface area contributed by atoms with Crippen molar-refractivity contribution < 1.29 is 47.6 Å². The molecule has 0 bridgehead atoms. The SMILES string of the molecule is CN(C)Cc1c(OCC2CC2)ccc2c(CCC3CCN(c4cccnn4)CC3)noc12.CN(C)Cc1c(OCC2CC2)ccc2c(CCC3CCN(c4cccnn4)CC3)noc12.CNCc1c(OCC2CC2)ccc2c(CCC3CCN(c4cccnn4)CC3)noc12.O=C(O)/C=C/C(=O)O. The average molecular weight is 1410 g/mol. The molecule has 548 valence electrons. The Kier molecular flexibility index (Phi) is 25.8. The van der Waals surface area contributed by atoms with E-state index in [2.05, 4.69) is 140 Å². The summed E-state index contributed by atoms with van der Waals surface area (Å²) in [6, 6.07) is 24.7. The van der Waals surface area contributed by atoms with Crippen LogP contribution in [0.3, 0.4) is 0 Å². The maximum Gasteiger partial charge on any atom is 0.328 e. The second kappa shape index (κ2) is 36.2. The van der Waals surface area contributed by atoms with Gasteiger partial charge in [-0.25, -0.2) is 9.59 Å².